The van der Waals surface area contributed by atoms with E-state index in [0.717, 1.165) is 22.7 Å². The summed E-state index contributed by atoms with van der Waals surface area (Å²) in [5, 5.41) is 3.93. The molecule has 1 atom stereocenters. The Morgan fingerprint density at radius 2 is 2.05 bits per heavy atom. The lowest BCUT2D eigenvalue weighted by atomic mass is 10.1. The Labute approximate surface area is 130 Å². The van der Waals surface area contributed by atoms with Crippen molar-refractivity contribution in [3.63, 3.8) is 0 Å². The smallest absolute Gasteiger partial charge is 0.230 e. The number of amides is 1. The number of para-hydroxylation sites is 2. The maximum absolute atomic E-state index is 12.0. The van der Waals surface area contributed by atoms with Crippen molar-refractivity contribution in [3.05, 3.63) is 24.3 Å². The molecule has 0 aliphatic carbocycles. The Morgan fingerprint density at radius 1 is 1.33 bits per heavy atom. The molecule has 1 amide bonds. The largest absolute Gasteiger partial charge is 0.353 e. The highest BCUT2D eigenvalue weighted by atomic mass is 32.2. The fourth-order valence-electron chi connectivity index (χ4n) is 2.06. The summed E-state index contributed by atoms with van der Waals surface area (Å²) < 4.78 is 2.15. The Bertz CT molecular complexity index is 621. The molecule has 5 heteroatoms. The molecule has 2 aromatic rings. The molecule has 1 heterocycles. The molecule has 0 aliphatic rings. The monoisotopic (exact) mass is 305 g/mol. The number of rotatable bonds is 6. The van der Waals surface area contributed by atoms with Crippen LogP contribution in [-0.4, -0.2) is 27.3 Å². The van der Waals surface area contributed by atoms with Gasteiger partial charge >= 0.3 is 0 Å². The van der Waals surface area contributed by atoms with Gasteiger partial charge in [-0.15, -0.1) is 0 Å². The normalized spacial score (nSPS) is 12.8. The van der Waals surface area contributed by atoms with Gasteiger partial charge in [-0.05, 0) is 31.9 Å². The van der Waals surface area contributed by atoms with Crippen LogP contribution in [0.1, 0.15) is 27.7 Å². The third-order valence-electron chi connectivity index (χ3n) is 3.66. The van der Waals surface area contributed by atoms with Crippen LogP contribution in [0.3, 0.4) is 0 Å². The van der Waals surface area contributed by atoms with Crippen LogP contribution in [0.4, 0.5) is 0 Å². The van der Waals surface area contributed by atoms with Gasteiger partial charge in [0.25, 0.3) is 0 Å². The van der Waals surface area contributed by atoms with Crippen LogP contribution in [0.5, 0.6) is 0 Å². The second-order valence-electron chi connectivity index (χ2n) is 5.52. The molecule has 1 aromatic carbocycles. The highest BCUT2D eigenvalue weighted by Crippen LogP contribution is 2.23. The number of nitrogens with one attached hydrogen (secondary N) is 1. The topological polar surface area (TPSA) is 46.9 Å². The lowest BCUT2D eigenvalue weighted by molar-refractivity contribution is -0.119. The minimum absolute atomic E-state index is 0.0657. The maximum Gasteiger partial charge on any atom is 0.230 e. The van der Waals surface area contributed by atoms with Crippen LogP contribution >= 0.6 is 11.8 Å². The van der Waals surface area contributed by atoms with Gasteiger partial charge in [0.1, 0.15) is 0 Å². The van der Waals surface area contributed by atoms with Gasteiger partial charge in [-0.25, -0.2) is 4.98 Å². The minimum Gasteiger partial charge on any atom is -0.353 e. The molecular formula is C16H23N3OS. The SMILES string of the molecule is CCn1c(SCC(=O)N[C@H](C)C(C)C)nc2ccccc21. The van der Waals surface area contributed by atoms with Gasteiger partial charge < -0.3 is 9.88 Å². The van der Waals surface area contributed by atoms with Crippen molar-refractivity contribution in [1.29, 1.82) is 0 Å². The van der Waals surface area contributed by atoms with Gasteiger partial charge in [0, 0.05) is 12.6 Å². The zero-order valence-corrected chi connectivity index (χ0v) is 13.9. The number of nitrogens with zero attached hydrogens (tertiary/aromatic N) is 2. The Kier molecular flexibility index (Phi) is 5.28. The standard InChI is InChI=1S/C16H23N3OS/c1-5-19-14-9-7-6-8-13(14)18-16(19)21-10-15(20)17-12(4)11(2)3/h6-9,11-12H,5,10H2,1-4H3,(H,17,20)/t12-/m1/s1. The molecule has 114 valence electrons. The first-order valence-electron chi connectivity index (χ1n) is 7.40. The van der Waals surface area contributed by atoms with E-state index in [0.29, 0.717) is 11.7 Å². The number of imidazole rings is 1. The molecule has 0 radical (unpaired) electrons. The van der Waals surface area contributed by atoms with Crippen molar-refractivity contribution in [2.24, 2.45) is 5.92 Å². The van der Waals surface area contributed by atoms with Gasteiger partial charge in [-0.2, -0.15) is 0 Å². The molecule has 21 heavy (non-hydrogen) atoms. The van der Waals surface area contributed by atoms with E-state index >= 15 is 0 Å². The first-order valence-corrected chi connectivity index (χ1v) is 8.39. The molecule has 2 rings (SSSR count). The van der Waals surface area contributed by atoms with E-state index in [-0.39, 0.29) is 11.9 Å². The Morgan fingerprint density at radius 3 is 2.71 bits per heavy atom. The average molecular weight is 305 g/mol. The van der Waals surface area contributed by atoms with Crippen molar-refractivity contribution in [1.82, 2.24) is 14.9 Å². The third-order valence-corrected chi connectivity index (χ3v) is 4.63. The number of aryl methyl sites for hydroxylation is 1. The number of hydrogen-bond donors (Lipinski definition) is 1. The van der Waals surface area contributed by atoms with Crippen LogP contribution in [0.25, 0.3) is 11.0 Å². The molecule has 0 spiro atoms. The second-order valence-corrected chi connectivity index (χ2v) is 6.46. The summed E-state index contributed by atoms with van der Waals surface area (Å²) in [6.45, 7) is 9.20. The van der Waals surface area contributed by atoms with Gasteiger partial charge in [0.2, 0.25) is 5.91 Å². The second kappa shape index (κ2) is 6.98. The number of carbonyl (C=O) groups is 1. The van der Waals surface area contributed by atoms with Crippen molar-refractivity contribution in [3.8, 4) is 0 Å². The Hall–Kier alpha value is -1.49. The summed E-state index contributed by atoms with van der Waals surface area (Å²) in [5.41, 5.74) is 2.11. The summed E-state index contributed by atoms with van der Waals surface area (Å²) >= 11 is 1.50. The summed E-state index contributed by atoms with van der Waals surface area (Å²) in [5.74, 6) is 0.912. The van der Waals surface area contributed by atoms with E-state index in [4.69, 9.17) is 0 Å². The number of hydrogen-bond acceptors (Lipinski definition) is 3. The van der Waals surface area contributed by atoms with E-state index in [1.807, 2.05) is 25.1 Å². The highest BCUT2D eigenvalue weighted by molar-refractivity contribution is 7.99. The molecule has 0 aliphatic heterocycles. The van der Waals surface area contributed by atoms with E-state index in [2.05, 4.69) is 41.7 Å². The summed E-state index contributed by atoms with van der Waals surface area (Å²) in [7, 11) is 0. The number of benzene rings is 1. The minimum atomic E-state index is 0.0657. The van der Waals surface area contributed by atoms with Crippen LogP contribution in [0.15, 0.2) is 29.4 Å². The van der Waals surface area contributed by atoms with Gasteiger partial charge in [-0.3, -0.25) is 4.79 Å². The van der Waals surface area contributed by atoms with Crippen LogP contribution in [0, 0.1) is 5.92 Å². The summed E-state index contributed by atoms with van der Waals surface area (Å²) in [4.78, 5) is 16.6. The molecule has 0 fully saturated rings. The summed E-state index contributed by atoms with van der Waals surface area (Å²) in [6, 6.07) is 8.27. The quantitative estimate of drug-likeness (QED) is 0.833. The van der Waals surface area contributed by atoms with E-state index in [1.54, 1.807) is 0 Å². The van der Waals surface area contributed by atoms with Crippen LogP contribution < -0.4 is 5.32 Å². The number of fused-ring (bicyclic) bond motifs is 1. The number of thioether (sulfide) groups is 1. The van der Waals surface area contributed by atoms with Crippen LogP contribution in [-0.2, 0) is 11.3 Å². The number of aromatic nitrogens is 2. The van der Waals surface area contributed by atoms with Crippen molar-refractivity contribution >= 4 is 28.7 Å². The van der Waals surface area contributed by atoms with Gasteiger partial charge in [0.05, 0.1) is 16.8 Å². The molecule has 0 saturated heterocycles. The molecular weight excluding hydrogens is 282 g/mol. The average Bonchev–Trinajstić information content (AvgIpc) is 2.82. The van der Waals surface area contributed by atoms with E-state index in [1.165, 1.54) is 11.8 Å². The Balaban J connectivity index is 2.05. The predicted molar refractivity (Wildman–Crippen MR) is 88.6 cm³/mol. The van der Waals surface area contributed by atoms with E-state index in [9.17, 15) is 4.79 Å². The zero-order chi connectivity index (χ0) is 15.4. The zero-order valence-electron chi connectivity index (χ0n) is 13.1. The van der Waals surface area contributed by atoms with Crippen LogP contribution in [0.2, 0.25) is 0 Å². The van der Waals surface area contributed by atoms with E-state index < -0.39 is 0 Å². The molecule has 4 nitrogen and oxygen atoms in total. The van der Waals surface area contributed by atoms with Crippen molar-refractivity contribution in [2.45, 2.75) is 45.4 Å². The number of carbonyl (C=O) groups excluding carboxylic acids is 1. The highest BCUT2D eigenvalue weighted by Gasteiger charge is 2.14. The first-order chi connectivity index (χ1) is 10.0. The lowest BCUT2D eigenvalue weighted by Crippen LogP contribution is -2.37. The van der Waals surface area contributed by atoms with Crippen molar-refractivity contribution in [2.75, 3.05) is 5.75 Å². The first kappa shape index (κ1) is 15.9. The molecule has 0 saturated carbocycles. The molecule has 1 N–H and O–H groups in total. The lowest BCUT2D eigenvalue weighted by Gasteiger charge is -2.17. The molecule has 1 aromatic heterocycles. The van der Waals surface area contributed by atoms with Gasteiger partial charge in [0.15, 0.2) is 5.16 Å². The molecule has 0 bridgehead atoms. The maximum atomic E-state index is 12.0. The summed E-state index contributed by atoms with van der Waals surface area (Å²) in [6.07, 6.45) is 0. The third kappa shape index (κ3) is 3.79. The fraction of sp³-hybridized carbons (Fsp3) is 0.500. The molecule has 0 unspecified atom stereocenters. The fourth-order valence-corrected chi connectivity index (χ4v) is 2.95. The predicted octanol–water partition coefficient (Wildman–Crippen LogP) is 3.31. The van der Waals surface area contributed by atoms with Gasteiger partial charge in [-0.1, -0.05) is 37.7 Å². The van der Waals surface area contributed by atoms with Crippen molar-refractivity contribution < 1.29 is 4.79 Å².